The molecule has 0 aliphatic rings. The van der Waals surface area contributed by atoms with Gasteiger partial charge in [0.15, 0.2) is 0 Å². The third-order valence-electron chi connectivity index (χ3n) is 3.04. The number of benzene rings is 2. The molecule has 106 valence electrons. The van der Waals surface area contributed by atoms with Gasteiger partial charge in [-0.1, -0.05) is 6.07 Å². The highest BCUT2D eigenvalue weighted by molar-refractivity contribution is 9.13. The summed E-state index contributed by atoms with van der Waals surface area (Å²) >= 11 is 8.66. The summed E-state index contributed by atoms with van der Waals surface area (Å²) in [5.41, 5.74) is 3.49. The summed E-state index contributed by atoms with van der Waals surface area (Å²) in [4.78, 5) is 4.32. The molecule has 0 amide bonds. The lowest BCUT2D eigenvalue weighted by Gasteiger charge is -2.08. The van der Waals surface area contributed by atoms with Crippen molar-refractivity contribution in [2.24, 2.45) is 0 Å². The summed E-state index contributed by atoms with van der Waals surface area (Å²) in [7, 11) is 0. The first kappa shape index (κ1) is 14.8. The van der Waals surface area contributed by atoms with E-state index < -0.39 is 0 Å². The molecule has 0 saturated carbocycles. The van der Waals surface area contributed by atoms with Crippen LogP contribution in [0.4, 0.5) is 5.69 Å². The van der Waals surface area contributed by atoms with Gasteiger partial charge in [-0.25, -0.2) is 4.98 Å². The molecule has 0 aliphatic carbocycles. The fourth-order valence-electron chi connectivity index (χ4n) is 1.95. The molecule has 3 aromatic rings. The van der Waals surface area contributed by atoms with E-state index in [0.29, 0.717) is 0 Å². The average Bonchev–Trinajstić information content (AvgIpc) is 3.03. The zero-order valence-corrected chi connectivity index (χ0v) is 15.0. The van der Waals surface area contributed by atoms with Crippen LogP contribution in [0.15, 0.2) is 63.0 Å². The van der Waals surface area contributed by atoms with Crippen molar-refractivity contribution in [1.29, 1.82) is 0 Å². The molecule has 3 rings (SSSR count). The molecule has 21 heavy (non-hydrogen) atoms. The number of thiazole rings is 1. The smallest absolute Gasteiger partial charge is 0.123 e. The molecule has 1 heterocycles. The molecule has 2 aromatic carbocycles. The van der Waals surface area contributed by atoms with Crippen LogP contribution in [0.5, 0.6) is 0 Å². The predicted octanol–water partition coefficient (Wildman–Crippen LogP) is 5.95. The maximum absolute atomic E-state index is 4.32. The quantitative estimate of drug-likeness (QED) is 0.560. The molecule has 0 fully saturated rings. The van der Waals surface area contributed by atoms with E-state index in [9.17, 15) is 0 Å². The Hall–Kier alpha value is -1.17. The molecular formula is C16H12Br2N2S. The SMILES string of the molecule is Brc1ccc(CNc2ccc(-c3nccs3)cc2)cc1Br. The van der Waals surface area contributed by atoms with Crippen molar-refractivity contribution in [3.05, 3.63) is 68.6 Å². The van der Waals surface area contributed by atoms with Gasteiger partial charge in [-0.2, -0.15) is 0 Å². The van der Waals surface area contributed by atoms with E-state index in [4.69, 9.17) is 0 Å². The summed E-state index contributed by atoms with van der Waals surface area (Å²) in [6, 6.07) is 14.6. The molecule has 0 aliphatic heterocycles. The van der Waals surface area contributed by atoms with E-state index in [0.717, 1.165) is 31.7 Å². The lowest BCUT2D eigenvalue weighted by atomic mass is 10.2. The monoisotopic (exact) mass is 422 g/mol. The maximum atomic E-state index is 4.32. The van der Waals surface area contributed by atoms with Gasteiger partial charge in [0, 0.05) is 38.3 Å². The Kier molecular flexibility index (Phi) is 4.73. The standard InChI is InChI=1S/C16H12Br2N2S/c17-14-6-1-11(9-15(14)18)10-20-13-4-2-12(3-5-13)16-19-7-8-21-16/h1-9,20H,10H2. The number of hydrogen-bond donors (Lipinski definition) is 1. The van der Waals surface area contributed by atoms with Gasteiger partial charge in [0.25, 0.3) is 0 Å². The number of nitrogens with zero attached hydrogens (tertiary/aromatic N) is 1. The third-order valence-corrected chi connectivity index (χ3v) is 5.75. The topological polar surface area (TPSA) is 24.9 Å². The van der Waals surface area contributed by atoms with E-state index in [1.165, 1.54) is 5.56 Å². The van der Waals surface area contributed by atoms with Gasteiger partial charge in [-0.05, 0) is 73.8 Å². The summed E-state index contributed by atoms with van der Waals surface area (Å²) in [6.45, 7) is 0.794. The Morgan fingerprint density at radius 2 is 1.81 bits per heavy atom. The van der Waals surface area contributed by atoms with Crippen LogP contribution in [0, 0.1) is 0 Å². The van der Waals surface area contributed by atoms with Gasteiger partial charge in [0.2, 0.25) is 0 Å². The van der Waals surface area contributed by atoms with Crippen LogP contribution in [-0.4, -0.2) is 4.98 Å². The molecule has 0 radical (unpaired) electrons. The van der Waals surface area contributed by atoms with E-state index in [2.05, 4.69) is 78.6 Å². The number of anilines is 1. The second-order valence-electron chi connectivity index (χ2n) is 4.52. The predicted molar refractivity (Wildman–Crippen MR) is 96.7 cm³/mol. The average molecular weight is 424 g/mol. The van der Waals surface area contributed by atoms with Crippen molar-refractivity contribution in [2.75, 3.05) is 5.32 Å². The highest BCUT2D eigenvalue weighted by Crippen LogP contribution is 2.25. The van der Waals surface area contributed by atoms with Crippen LogP contribution < -0.4 is 5.32 Å². The third kappa shape index (κ3) is 3.73. The number of aromatic nitrogens is 1. The fourth-order valence-corrected chi connectivity index (χ4v) is 3.27. The van der Waals surface area contributed by atoms with Gasteiger partial charge in [0.1, 0.15) is 5.01 Å². The zero-order valence-electron chi connectivity index (χ0n) is 11.0. The van der Waals surface area contributed by atoms with Crippen molar-refractivity contribution in [3.8, 4) is 10.6 Å². The zero-order chi connectivity index (χ0) is 14.7. The molecule has 0 unspecified atom stereocenters. The van der Waals surface area contributed by atoms with Gasteiger partial charge in [0.05, 0.1) is 0 Å². The molecule has 2 nitrogen and oxygen atoms in total. The van der Waals surface area contributed by atoms with Gasteiger partial charge >= 0.3 is 0 Å². The van der Waals surface area contributed by atoms with E-state index >= 15 is 0 Å². The van der Waals surface area contributed by atoms with Crippen LogP contribution in [-0.2, 0) is 6.54 Å². The lowest BCUT2D eigenvalue weighted by Crippen LogP contribution is -1.99. The first-order valence-electron chi connectivity index (χ1n) is 6.40. The molecule has 0 spiro atoms. The molecule has 1 aromatic heterocycles. The van der Waals surface area contributed by atoms with Gasteiger partial charge < -0.3 is 5.32 Å². The highest BCUT2D eigenvalue weighted by atomic mass is 79.9. The van der Waals surface area contributed by atoms with Crippen molar-refractivity contribution in [2.45, 2.75) is 6.54 Å². The largest absolute Gasteiger partial charge is 0.381 e. The van der Waals surface area contributed by atoms with Gasteiger partial charge in [-0.3, -0.25) is 0 Å². The maximum Gasteiger partial charge on any atom is 0.123 e. The molecule has 0 atom stereocenters. The Morgan fingerprint density at radius 3 is 2.48 bits per heavy atom. The minimum absolute atomic E-state index is 0.794. The van der Waals surface area contributed by atoms with Crippen LogP contribution in [0.3, 0.4) is 0 Å². The van der Waals surface area contributed by atoms with Crippen molar-refractivity contribution < 1.29 is 0 Å². The van der Waals surface area contributed by atoms with E-state index in [1.807, 2.05) is 17.6 Å². The Balaban J connectivity index is 1.66. The first-order chi connectivity index (χ1) is 10.2. The lowest BCUT2D eigenvalue weighted by molar-refractivity contribution is 1.14. The number of halogens is 2. The van der Waals surface area contributed by atoms with Crippen LogP contribution in [0.1, 0.15) is 5.56 Å². The minimum atomic E-state index is 0.794. The molecule has 1 N–H and O–H groups in total. The number of rotatable bonds is 4. The molecule has 0 saturated heterocycles. The number of nitrogens with one attached hydrogen (secondary N) is 1. The Labute approximate surface area is 144 Å². The second kappa shape index (κ2) is 6.73. The molecule has 5 heteroatoms. The highest BCUT2D eigenvalue weighted by Gasteiger charge is 2.01. The van der Waals surface area contributed by atoms with Crippen molar-refractivity contribution in [1.82, 2.24) is 4.98 Å². The van der Waals surface area contributed by atoms with Gasteiger partial charge in [-0.15, -0.1) is 11.3 Å². The van der Waals surface area contributed by atoms with Crippen LogP contribution in [0.2, 0.25) is 0 Å². The van der Waals surface area contributed by atoms with Crippen molar-refractivity contribution in [3.63, 3.8) is 0 Å². The Morgan fingerprint density at radius 1 is 1.00 bits per heavy atom. The summed E-state index contributed by atoms with van der Waals surface area (Å²) in [5, 5.41) is 6.47. The normalized spacial score (nSPS) is 10.6. The molecular weight excluding hydrogens is 412 g/mol. The van der Waals surface area contributed by atoms with Crippen LogP contribution >= 0.6 is 43.2 Å². The fraction of sp³-hybridized carbons (Fsp3) is 0.0625. The van der Waals surface area contributed by atoms with Crippen LogP contribution in [0.25, 0.3) is 10.6 Å². The summed E-state index contributed by atoms with van der Waals surface area (Å²) in [5.74, 6) is 0. The minimum Gasteiger partial charge on any atom is -0.381 e. The number of hydrogen-bond acceptors (Lipinski definition) is 3. The van der Waals surface area contributed by atoms with E-state index in [1.54, 1.807) is 11.3 Å². The second-order valence-corrected chi connectivity index (χ2v) is 7.12. The summed E-state index contributed by atoms with van der Waals surface area (Å²) < 4.78 is 2.14. The van der Waals surface area contributed by atoms with E-state index in [-0.39, 0.29) is 0 Å². The first-order valence-corrected chi connectivity index (χ1v) is 8.87. The molecule has 0 bridgehead atoms. The Bertz CT molecular complexity index is 725. The van der Waals surface area contributed by atoms with Crippen molar-refractivity contribution >= 4 is 48.9 Å². The summed E-state index contributed by atoms with van der Waals surface area (Å²) in [6.07, 6.45) is 1.83.